The zero-order valence-electron chi connectivity index (χ0n) is 10.8. The summed E-state index contributed by atoms with van der Waals surface area (Å²) >= 11 is 0. The van der Waals surface area contributed by atoms with Gasteiger partial charge in [0.25, 0.3) is 5.91 Å². The van der Waals surface area contributed by atoms with E-state index in [0.29, 0.717) is 12.6 Å². The van der Waals surface area contributed by atoms with Crippen molar-refractivity contribution in [3.63, 3.8) is 0 Å². The molecule has 5 heteroatoms. The molecule has 1 aliphatic rings. The molecule has 1 amide bonds. The van der Waals surface area contributed by atoms with Gasteiger partial charge in [-0.05, 0) is 37.9 Å². The van der Waals surface area contributed by atoms with Gasteiger partial charge in [-0.15, -0.1) is 0 Å². The molecule has 2 rings (SSSR count). The number of halogens is 1. The number of phenolic OH excluding ortho intramolecular Hbond substituents is 1. The zero-order valence-corrected chi connectivity index (χ0v) is 10.8. The van der Waals surface area contributed by atoms with Crippen LogP contribution >= 0.6 is 0 Å². The lowest BCUT2D eigenvalue weighted by Crippen LogP contribution is -2.37. The van der Waals surface area contributed by atoms with Crippen molar-refractivity contribution in [1.29, 1.82) is 0 Å². The van der Waals surface area contributed by atoms with Crippen molar-refractivity contribution in [2.24, 2.45) is 0 Å². The fourth-order valence-electron chi connectivity index (χ4n) is 2.36. The van der Waals surface area contributed by atoms with Crippen LogP contribution in [0, 0.1) is 5.82 Å². The second-order valence-corrected chi connectivity index (χ2v) is 4.83. The molecule has 0 spiro atoms. The number of amides is 1. The molecule has 1 fully saturated rings. The van der Waals surface area contributed by atoms with Gasteiger partial charge in [0, 0.05) is 12.6 Å². The van der Waals surface area contributed by atoms with Crippen LogP contribution in [0.2, 0.25) is 0 Å². The second-order valence-electron chi connectivity index (χ2n) is 4.83. The van der Waals surface area contributed by atoms with Crippen LogP contribution in [0.3, 0.4) is 0 Å². The first-order chi connectivity index (χ1) is 9.18. The van der Waals surface area contributed by atoms with Crippen LogP contribution in [0.1, 0.15) is 36.0 Å². The highest BCUT2D eigenvalue weighted by Gasteiger charge is 2.17. The molecule has 0 aliphatic carbocycles. The van der Waals surface area contributed by atoms with Gasteiger partial charge in [0.2, 0.25) is 0 Å². The highest BCUT2D eigenvalue weighted by atomic mass is 19.1. The highest BCUT2D eigenvalue weighted by Crippen LogP contribution is 2.19. The largest absolute Gasteiger partial charge is 0.507 e. The number of nitrogens with one attached hydrogen (secondary N) is 2. The Labute approximate surface area is 112 Å². The third-order valence-electron chi connectivity index (χ3n) is 3.41. The van der Waals surface area contributed by atoms with Gasteiger partial charge in [-0.3, -0.25) is 4.79 Å². The van der Waals surface area contributed by atoms with Crippen LogP contribution < -0.4 is 10.6 Å². The molecule has 1 aromatic rings. The van der Waals surface area contributed by atoms with Crippen molar-refractivity contribution in [1.82, 2.24) is 10.6 Å². The van der Waals surface area contributed by atoms with Crippen LogP contribution in [-0.2, 0) is 0 Å². The summed E-state index contributed by atoms with van der Waals surface area (Å²) in [6.07, 6.45) is 4.34. The van der Waals surface area contributed by atoms with E-state index < -0.39 is 11.7 Å². The molecule has 0 bridgehead atoms. The number of carbonyl (C=O) groups is 1. The number of benzene rings is 1. The van der Waals surface area contributed by atoms with Crippen LogP contribution in [-0.4, -0.2) is 30.1 Å². The van der Waals surface area contributed by atoms with Crippen molar-refractivity contribution in [3.05, 3.63) is 29.6 Å². The molecule has 104 valence electrons. The second kappa shape index (κ2) is 6.52. The Balaban J connectivity index is 1.84. The predicted octanol–water partition coefficient (Wildman–Crippen LogP) is 1.79. The maximum Gasteiger partial charge on any atom is 0.258 e. The molecule has 1 aromatic carbocycles. The monoisotopic (exact) mass is 266 g/mol. The van der Waals surface area contributed by atoms with Crippen molar-refractivity contribution in [2.45, 2.75) is 31.7 Å². The first kappa shape index (κ1) is 13.8. The molecule has 1 heterocycles. The van der Waals surface area contributed by atoms with Gasteiger partial charge in [-0.25, -0.2) is 4.39 Å². The summed E-state index contributed by atoms with van der Waals surface area (Å²) in [7, 11) is 0. The van der Waals surface area contributed by atoms with E-state index >= 15 is 0 Å². The summed E-state index contributed by atoms with van der Waals surface area (Å²) in [6.45, 7) is 1.50. The van der Waals surface area contributed by atoms with Crippen LogP contribution in [0.15, 0.2) is 18.2 Å². The fourth-order valence-corrected chi connectivity index (χ4v) is 2.36. The molecule has 19 heavy (non-hydrogen) atoms. The Morgan fingerprint density at radius 1 is 1.47 bits per heavy atom. The van der Waals surface area contributed by atoms with E-state index in [4.69, 9.17) is 0 Å². The molecule has 1 unspecified atom stereocenters. The number of rotatable bonds is 4. The Hall–Kier alpha value is -1.62. The SMILES string of the molecule is O=C(NCCC1CCCCN1)c1c(O)cccc1F. The summed E-state index contributed by atoms with van der Waals surface area (Å²) in [5.41, 5.74) is -0.279. The van der Waals surface area contributed by atoms with Gasteiger partial charge < -0.3 is 15.7 Å². The van der Waals surface area contributed by atoms with Gasteiger partial charge in [0.15, 0.2) is 0 Å². The van der Waals surface area contributed by atoms with Crippen LogP contribution in [0.4, 0.5) is 4.39 Å². The molecule has 1 saturated heterocycles. The summed E-state index contributed by atoms with van der Waals surface area (Å²) < 4.78 is 13.4. The molecule has 0 aromatic heterocycles. The number of piperidine rings is 1. The van der Waals surface area contributed by atoms with E-state index in [-0.39, 0.29) is 11.3 Å². The van der Waals surface area contributed by atoms with Crippen LogP contribution in [0.25, 0.3) is 0 Å². The summed E-state index contributed by atoms with van der Waals surface area (Å²) in [6, 6.07) is 4.26. The number of hydrogen-bond acceptors (Lipinski definition) is 3. The number of hydrogen-bond donors (Lipinski definition) is 3. The zero-order chi connectivity index (χ0) is 13.7. The van der Waals surface area contributed by atoms with Gasteiger partial charge >= 0.3 is 0 Å². The number of aromatic hydroxyl groups is 1. The molecule has 1 aliphatic heterocycles. The van der Waals surface area contributed by atoms with Crippen molar-refractivity contribution >= 4 is 5.91 Å². The Bertz CT molecular complexity index is 425. The van der Waals surface area contributed by atoms with E-state index in [0.717, 1.165) is 25.5 Å². The predicted molar refractivity (Wildman–Crippen MR) is 70.7 cm³/mol. The molecule has 0 saturated carbocycles. The van der Waals surface area contributed by atoms with Gasteiger partial charge in [-0.2, -0.15) is 0 Å². The van der Waals surface area contributed by atoms with E-state index in [1.54, 1.807) is 0 Å². The standard InChI is InChI=1S/C14H19FN2O2/c15-11-5-3-6-12(18)13(11)14(19)17-9-7-10-4-1-2-8-16-10/h3,5-6,10,16,18H,1-2,4,7-9H2,(H,17,19). The third kappa shape index (κ3) is 3.67. The summed E-state index contributed by atoms with van der Waals surface area (Å²) in [5, 5.41) is 15.5. The topological polar surface area (TPSA) is 61.4 Å². The average molecular weight is 266 g/mol. The number of carbonyl (C=O) groups excluding carboxylic acids is 1. The van der Waals surface area contributed by atoms with Gasteiger partial charge in [0.1, 0.15) is 17.1 Å². The number of phenols is 1. The minimum Gasteiger partial charge on any atom is -0.507 e. The van der Waals surface area contributed by atoms with E-state index in [2.05, 4.69) is 10.6 Å². The quantitative estimate of drug-likeness (QED) is 0.778. The normalized spacial score (nSPS) is 19.1. The molecule has 3 N–H and O–H groups in total. The summed E-state index contributed by atoms with van der Waals surface area (Å²) in [4.78, 5) is 11.8. The molecular formula is C14H19FN2O2. The smallest absolute Gasteiger partial charge is 0.258 e. The third-order valence-corrected chi connectivity index (χ3v) is 3.41. The minimum atomic E-state index is -0.701. The molecule has 0 radical (unpaired) electrons. The van der Waals surface area contributed by atoms with Gasteiger partial charge in [0.05, 0.1) is 0 Å². The van der Waals surface area contributed by atoms with E-state index in [9.17, 15) is 14.3 Å². The summed E-state index contributed by atoms with van der Waals surface area (Å²) in [5.74, 6) is -1.59. The molecule has 4 nitrogen and oxygen atoms in total. The van der Waals surface area contributed by atoms with E-state index in [1.807, 2.05) is 0 Å². The molecular weight excluding hydrogens is 247 g/mol. The van der Waals surface area contributed by atoms with Crippen LogP contribution in [0.5, 0.6) is 5.75 Å². The Morgan fingerprint density at radius 2 is 2.32 bits per heavy atom. The van der Waals surface area contributed by atoms with Gasteiger partial charge in [-0.1, -0.05) is 12.5 Å². The lowest BCUT2D eigenvalue weighted by Gasteiger charge is -2.23. The lowest BCUT2D eigenvalue weighted by molar-refractivity contribution is 0.0944. The minimum absolute atomic E-state index is 0.279. The first-order valence-corrected chi connectivity index (χ1v) is 6.67. The van der Waals surface area contributed by atoms with Crippen molar-refractivity contribution in [2.75, 3.05) is 13.1 Å². The fraction of sp³-hybridized carbons (Fsp3) is 0.500. The average Bonchev–Trinajstić information content (AvgIpc) is 2.40. The lowest BCUT2D eigenvalue weighted by atomic mass is 10.0. The van der Waals surface area contributed by atoms with E-state index in [1.165, 1.54) is 25.0 Å². The maximum absolute atomic E-state index is 13.4. The first-order valence-electron chi connectivity index (χ1n) is 6.67. The maximum atomic E-state index is 13.4. The Morgan fingerprint density at radius 3 is 3.00 bits per heavy atom. The Kier molecular flexibility index (Phi) is 4.74. The molecule has 1 atom stereocenters. The van der Waals surface area contributed by atoms with Crippen molar-refractivity contribution < 1.29 is 14.3 Å². The van der Waals surface area contributed by atoms with Crippen molar-refractivity contribution in [3.8, 4) is 5.75 Å². The highest BCUT2D eigenvalue weighted by molar-refractivity contribution is 5.97.